The van der Waals surface area contributed by atoms with Gasteiger partial charge in [-0.25, -0.2) is 0 Å². The fourth-order valence-corrected chi connectivity index (χ4v) is 1.37. The molecule has 0 bridgehead atoms. The van der Waals surface area contributed by atoms with E-state index in [4.69, 9.17) is 4.74 Å². The molecule has 0 aromatic rings. The predicted molar refractivity (Wildman–Crippen MR) is 62.9 cm³/mol. The van der Waals surface area contributed by atoms with Crippen LogP contribution in [0.1, 0.15) is 46.5 Å². The minimum atomic E-state index is -0.305. The van der Waals surface area contributed by atoms with Crippen LogP contribution in [-0.2, 0) is 14.3 Å². The van der Waals surface area contributed by atoms with Gasteiger partial charge in [0.25, 0.3) is 0 Å². The number of esters is 1. The van der Waals surface area contributed by atoms with Crippen molar-refractivity contribution in [1.29, 1.82) is 0 Å². The summed E-state index contributed by atoms with van der Waals surface area (Å²) in [6.45, 7) is 7.05. The summed E-state index contributed by atoms with van der Waals surface area (Å²) in [6.07, 6.45) is 2.52. The smallest absolute Gasteiger partial charge is 0.306 e. The second-order valence-electron chi connectivity index (χ2n) is 3.79. The molecule has 0 heterocycles. The van der Waals surface area contributed by atoms with E-state index in [1.54, 1.807) is 6.92 Å². The number of hydrogen-bond donors (Lipinski definition) is 1. The zero-order valence-electron chi connectivity index (χ0n) is 10.5. The Balaban J connectivity index is 3.62. The van der Waals surface area contributed by atoms with Gasteiger partial charge in [-0.1, -0.05) is 26.7 Å². The standard InChI is InChI=1S/C12H23NO3/c1-4-10(5-2)9-13-11(14)7-8-12(15)16-6-3/h10H,4-9H2,1-3H3,(H,13,14). The van der Waals surface area contributed by atoms with Gasteiger partial charge in [-0.15, -0.1) is 0 Å². The van der Waals surface area contributed by atoms with E-state index in [0.717, 1.165) is 12.8 Å². The maximum Gasteiger partial charge on any atom is 0.306 e. The number of ether oxygens (including phenoxy) is 1. The van der Waals surface area contributed by atoms with Gasteiger partial charge in [-0.05, 0) is 12.8 Å². The molecule has 0 atom stereocenters. The van der Waals surface area contributed by atoms with Crippen LogP contribution in [-0.4, -0.2) is 25.0 Å². The van der Waals surface area contributed by atoms with Gasteiger partial charge < -0.3 is 10.1 Å². The van der Waals surface area contributed by atoms with Gasteiger partial charge in [0, 0.05) is 13.0 Å². The van der Waals surface area contributed by atoms with Crippen molar-refractivity contribution in [3.8, 4) is 0 Å². The number of rotatable bonds is 8. The summed E-state index contributed by atoms with van der Waals surface area (Å²) in [5, 5.41) is 2.84. The van der Waals surface area contributed by atoms with E-state index < -0.39 is 0 Å². The molecule has 0 aliphatic rings. The maximum absolute atomic E-state index is 11.4. The maximum atomic E-state index is 11.4. The van der Waals surface area contributed by atoms with Gasteiger partial charge in [-0.2, -0.15) is 0 Å². The molecular weight excluding hydrogens is 206 g/mol. The Labute approximate surface area is 97.7 Å². The summed E-state index contributed by atoms with van der Waals surface area (Å²) in [7, 11) is 0. The number of hydrogen-bond acceptors (Lipinski definition) is 3. The van der Waals surface area contributed by atoms with Crippen LogP contribution in [0.3, 0.4) is 0 Å². The first kappa shape index (κ1) is 14.9. The molecule has 16 heavy (non-hydrogen) atoms. The average molecular weight is 229 g/mol. The van der Waals surface area contributed by atoms with Crippen molar-refractivity contribution in [2.75, 3.05) is 13.2 Å². The lowest BCUT2D eigenvalue weighted by molar-refractivity contribution is -0.144. The molecular formula is C12H23NO3. The molecule has 0 saturated carbocycles. The SMILES string of the molecule is CCOC(=O)CCC(=O)NCC(CC)CC. The van der Waals surface area contributed by atoms with E-state index in [1.807, 2.05) is 0 Å². The van der Waals surface area contributed by atoms with Crippen LogP contribution in [0.15, 0.2) is 0 Å². The van der Waals surface area contributed by atoms with Crippen molar-refractivity contribution in [1.82, 2.24) is 5.32 Å². The highest BCUT2D eigenvalue weighted by molar-refractivity contribution is 5.81. The van der Waals surface area contributed by atoms with Crippen LogP contribution in [0.25, 0.3) is 0 Å². The van der Waals surface area contributed by atoms with E-state index in [2.05, 4.69) is 19.2 Å². The Bertz CT molecular complexity index is 212. The highest BCUT2D eigenvalue weighted by Gasteiger charge is 2.09. The summed E-state index contributed by atoms with van der Waals surface area (Å²) in [5.74, 6) is 0.159. The topological polar surface area (TPSA) is 55.4 Å². The summed E-state index contributed by atoms with van der Waals surface area (Å²) in [4.78, 5) is 22.4. The molecule has 1 amide bonds. The molecule has 94 valence electrons. The quantitative estimate of drug-likeness (QED) is 0.647. The van der Waals surface area contributed by atoms with Crippen LogP contribution in [0, 0.1) is 5.92 Å². The predicted octanol–water partition coefficient (Wildman–Crippen LogP) is 1.88. The number of carbonyl (C=O) groups is 2. The number of nitrogens with one attached hydrogen (secondary N) is 1. The van der Waals surface area contributed by atoms with Crippen molar-refractivity contribution in [2.24, 2.45) is 5.92 Å². The average Bonchev–Trinajstić information content (AvgIpc) is 2.28. The number of carbonyl (C=O) groups excluding carboxylic acids is 2. The Morgan fingerprint density at radius 2 is 1.75 bits per heavy atom. The van der Waals surface area contributed by atoms with Crippen molar-refractivity contribution < 1.29 is 14.3 Å². The van der Waals surface area contributed by atoms with Gasteiger partial charge in [-0.3, -0.25) is 9.59 Å². The number of amides is 1. The van der Waals surface area contributed by atoms with Crippen LogP contribution in [0.5, 0.6) is 0 Å². The molecule has 0 aliphatic heterocycles. The van der Waals surface area contributed by atoms with Gasteiger partial charge in [0.1, 0.15) is 0 Å². The molecule has 0 radical (unpaired) electrons. The molecule has 0 rings (SSSR count). The molecule has 0 unspecified atom stereocenters. The van der Waals surface area contributed by atoms with Gasteiger partial charge >= 0.3 is 5.97 Å². The van der Waals surface area contributed by atoms with E-state index in [-0.39, 0.29) is 24.7 Å². The molecule has 0 aliphatic carbocycles. The zero-order valence-corrected chi connectivity index (χ0v) is 10.5. The third-order valence-corrected chi connectivity index (χ3v) is 2.60. The molecule has 0 aromatic heterocycles. The largest absolute Gasteiger partial charge is 0.466 e. The van der Waals surface area contributed by atoms with Crippen molar-refractivity contribution >= 4 is 11.9 Å². The first-order chi connectivity index (χ1) is 7.63. The van der Waals surface area contributed by atoms with Gasteiger partial charge in [0.15, 0.2) is 0 Å². The fraction of sp³-hybridized carbons (Fsp3) is 0.833. The van der Waals surface area contributed by atoms with Crippen LogP contribution in [0.4, 0.5) is 0 Å². The molecule has 0 spiro atoms. The summed E-state index contributed by atoms with van der Waals surface area (Å²) in [6, 6.07) is 0. The molecule has 0 saturated heterocycles. The zero-order chi connectivity index (χ0) is 12.4. The Morgan fingerprint density at radius 1 is 1.12 bits per heavy atom. The van der Waals surface area contributed by atoms with E-state index in [1.165, 1.54) is 0 Å². The highest BCUT2D eigenvalue weighted by atomic mass is 16.5. The van der Waals surface area contributed by atoms with Crippen molar-refractivity contribution in [3.63, 3.8) is 0 Å². The van der Waals surface area contributed by atoms with E-state index >= 15 is 0 Å². The minimum absolute atomic E-state index is 0.0695. The molecule has 4 nitrogen and oxygen atoms in total. The van der Waals surface area contributed by atoms with Crippen molar-refractivity contribution in [3.05, 3.63) is 0 Å². The highest BCUT2D eigenvalue weighted by Crippen LogP contribution is 2.05. The lowest BCUT2D eigenvalue weighted by atomic mass is 10.0. The second kappa shape index (κ2) is 9.19. The van der Waals surface area contributed by atoms with Gasteiger partial charge in [0.2, 0.25) is 5.91 Å². The third-order valence-electron chi connectivity index (χ3n) is 2.60. The lowest BCUT2D eigenvalue weighted by Gasteiger charge is -2.12. The third kappa shape index (κ3) is 7.26. The van der Waals surface area contributed by atoms with Crippen LogP contribution >= 0.6 is 0 Å². The van der Waals surface area contributed by atoms with Crippen LogP contribution < -0.4 is 5.32 Å². The molecule has 1 N–H and O–H groups in total. The Kier molecular flexibility index (Phi) is 8.58. The van der Waals surface area contributed by atoms with E-state index in [9.17, 15) is 9.59 Å². The molecule has 0 fully saturated rings. The summed E-state index contributed by atoms with van der Waals surface area (Å²) in [5.41, 5.74) is 0. The van der Waals surface area contributed by atoms with Crippen molar-refractivity contribution in [2.45, 2.75) is 46.5 Å². The van der Waals surface area contributed by atoms with Gasteiger partial charge in [0.05, 0.1) is 13.0 Å². The molecule has 0 aromatic carbocycles. The normalized spacial score (nSPS) is 10.2. The first-order valence-electron chi connectivity index (χ1n) is 6.06. The van der Waals surface area contributed by atoms with Crippen LogP contribution in [0.2, 0.25) is 0 Å². The fourth-order valence-electron chi connectivity index (χ4n) is 1.37. The monoisotopic (exact) mass is 229 g/mol. The minimum Gasteiger partial charge on any atom is -0.466 e. The first-order valence-corrected chi connectivity index (χ1v) is 6.06. The summed E-state index contributed by atoms with van der Waals surface area (Å²) < 4.78 is 4.74. The lowest BCUT2D eigenvalue weighted by Crippen LogP contribution is -2.29. The summed E-state index contributed by atoms with van der Waals surface area (Å²) >= 11 is 0. The van der Waals surface area contributed by atoms with E-state index in [0.29, 0.717) is 19.1 Å². The Morgan fingerprint density at radius 3 is 2.25 bits per heavy atom. The molecule has 4 heteroatoms. The second-order valence-corrected chi connectivity index (χ2v) is 3.79. The Hall–Kier alpha value is -1.06.